The van der Waals surface area contributed by atoms with Crippen LogP contribution >= 0.6 is 0 Å². The number of amides is 1. The van der Waals surface area contributed by atoms with Gasteiger partial charge in [0.25, 0.3) is 5.91 Å². The second-order valence-corrected chi connectivity index (χ2v) is 9.39. The maximum Gasteiger partial charge on any atom is 0.287 e. The Bertz CT molecular complexity index is 1110. The third-order valence-electron chi connectivity index (χ3n) is 7.04. The third-order valence-corrected chi connectivity index (χ3v) is 7.04. The van der Waals surface area contributed by atoms with Crippen LogP contribution < -0.4 is 10.2 Å². The maximum atomic E-state index is 12.3. The van der Waals surface area contributed by atoms with Crippen molar-refractivity contribution in [3.63, 3.8) is 0 Å². The van der Waals surface area contributed by atoms with Crippen LogP contribution in [-0.2, 0) is 0 Å². The molecule has 2 aromatic heterocycles. The molecule has 1 aromatic carbocycles. The van der Waals surface area contributed by atoms with Crippen molar-refractivity contribution >= 4 is 11.6 Å². The van der Waals surface area contributed by atoms with Crippen LogP contribution in [0.2, 0.25) is 0 Å². The number of hydrogen-bond donors (Lipinski definition) is 1. The largest absolute Gasteiger partial charge is 0.459 e. The van der Waals surface area contributed by atoms with Crippen LogP contribution in [0.4, 0.5) is 5.69 Å². The van der Waals surface area contributed by atoms with E-state index in [1.54, 1.807) is 12.1 Å². The normalized spacial score (nSPS) is 24.0. The quantitative estimate of drug-likeness (QED) is 0.623. The molecule has 3 aliphatic rings. The number of benzene rings is 1. The smallest absolute Gasteiger partial charge is 0.287 e. The van der Waals surface area contributed by atoms with Gasteiger partial charge >= 0.3 is 0 Å². The lowest BCUT2D eigenvalue weighted by atomic mass is 9.74. The molecule has 1 unspecified atom stereocenters. The van der Waals surface area contributed by atoms with Gasteiger partial charge in [-0.1, -0.05) is 12.1 Å². The Morgan fingerprint density at radius 2 is 2.03 bits per heavy atom. The number of nitrogens with zero attached hydrogens (tertiary/aromatic N) is 4. The molecule has 33 heavy (non-hydrogen) atoms. The highest BCUT2D eigenvalue weighted by atomic mass is 16.3. The second-order valence-electron chi connectivity index (χ2n) is 9.39. The van der Waals surface area contributed by atoms with Gasteiger partial charge in [0.1, 0.15) is 5.82 Å². The first-order valence-corrected chi connectivity index (χ1v) is 11.7. The number of carbonyl (C=O) groups is 1. The zero-order valence-electron chi connectivity index (χ0n) is 19.5. The summed E-state index contributed by atoms with van der Waals surface area (Å²) in [5, 5.41) is 3.04. The number of piperidine rings is 3. The van der Waals surface area contributed by atoms with Crippen LogP contribution in [0.25, 0.3) is 11.3 Å². The first kappa shape index (κ1) is 21.6. The molecular formula is C26H31N5O2. The van der Waals surface area contributed by atoms with Crippen molar-refractivity contribution in [1.82, 2.24) is 20.2 Å². The van der Waals surface area contributed by atoms with Gasteiger partial charge in [0.05, 0.1) is 12.0 Å². The summed E-state index contributed by atoms with van der Waals surface area (Å²) < 4.78 is 5.21. The molecule has 0 saturated carbocycles. The molecule has 5 heterocycles. The van der Waals surface area contributed by atoms with Gasteiger partial charge in [0.15, 0.2) is 5.76 Å². The predicted octanol–water partition coefficient (Wildman–Crippen LogP) is 3.72. The van der Waals surface area contributed by atoms with Gasteiger partial charge in [-0.15, -0.1) is 0 Å². The zero-order valence-corrected chi connectivity index (χ0v) is 19.5. The van der Waals surface area contributed by atoms with Crippen molar-refractivity contribution < 1.29 is 9.21 Å². The minimum atomic E-state index is -0.143. The van der Waals surface area contributed by atoms with Crippen molar-refractivity contribution in [2.75, 3.05) is 38.6 Å². The molecule has 3 fully saturated rings. The molecule has 7 heteroatoms. The van der Waals surface area contributed by atoms with Gasteiger partial charge in [-0.2, -0.15) is 0 Å². The number of aromatic nitrogens is 2. The zero-order chi connectivity index (χ0) is 22.9. The Balaban J connectivity index is 1.29. The van der Waals surface area contributed by atoms with Gasteiger partial charge in [-0.3, -0.25) is 9.69 Å². The first-order valence-electron chi connectivity index (χ1n) is 11.7. The van der Waals surface area contributed by atoms with E-state index >= 15 is 0 Å². The molecule has 2 bridgehead atoms. The monoisotopic (exact) mass is 445 g/mol. The molecule has 3 aromatic rings. The molecule has 0 radical (unpaired) electrons. The lowest BCUT2D eigenvalue weighted by Gasteiger charge is -2.49. The molecule has 4 atom stereocenters. The average molecular weight is 446 g/mol. The Kier molecular flexibility index (Phi) is 5.89. The van der Waals surface area contributed by atoms with E-state index in [0.29, 0.717) is 30.2 Å². The minimum absolute atomic E-state index is 0.143. The maximum absolute atomic E-state index is 12.3. The van der Waals surface area contributed by atoms with Crippen molar-refractivity contribution in [3.8, 4) is 11.3 Å². The summed E-state index contributed by atoms with van der Waals surface area (Å²) in [4.78, 5) is 26.5. The molecule has 6 rings (SSSR count). The van der Waals surface area contributed by atoms with Gasteiger partial charge in [-0.25, -0.2) is 9.97 Å². The Labute approximate surface area is 194 Å². The molecule has 7 nitrogen and oxygen atoms in total. The van der Waals surface area contributed by atoms with E-state index in [2.05, 4.69) is 45.4 Å². The van der Waals surface area contributed by atoms with E-state index in [4.69, 9.17) is 14.4 Å². The van der Waals surface area contributed by atoms with Gasteiger partial charge in [0.2, 0.25) is 0 Å². The molecule has 3 saturated heterocycles. The summed E-state index contributed by atoms with van der Waals surface area (Å²) in [5.74, 6) is 2.01. The van der Waals surface area contributed by atoms with Crippen LogP contribution in [-0.4, -0.2) is 60.5 Å². The lowest BCUT2D eigenvalue weighted by Crippen LogP contribution is -2.56. The highest BCUT2D eigenvalue weighted by Crippen LogP contribution is 2.41. The van der Waals surface area contributed by atoms with Crippen LogP contribution in [0.1, 0.15) is 40.8 Å². The van der Waals surface area contributed by atoms with Gasteiger partial charge in [-0.05, 0) is 62.6 Å². The molecule has 0 aliphatic carbocycles. The van der Waals surface area contributed by atoms with Crippen LogP contribution in [0, 0.1) is 12.8 Å². The summed E-state index contributed by atoms with van der Waals surface area (Å²) in [7, 11) is 4.09. The Hall–Kier alpha value is -3.19. The van der Waals surface area contributed by atoms with E-state index in [1.807, 2.05) is 21.0 Å². The SMILES string of the molecule is Cc1nc(-c2ccc(N(C)C)cc2)cc([C@H]2CN3CC[C@H]2C[C@@H]3CNC(=O)c2ccco2)n1. The molecule has 1 amide bonds. The van der Waals surface area contributed by atoms with Crippen molar-refractivity contribution in [3.05, 3.63) is 66.0 Å². The number of carbonyl (C=O) groups excluding carboxylic acids is 1. The van der Waals surface area contributed by atoms with Gasteiger partial charge < -0.3 is 14.6 Å². The van der Waals surface area contributed by atoms with Crippen molar-refractivity contribution in [2.24, 2.45) is 5.92 Å². The number of hydrogen-bond acceptors (Lipinski definition) is 6. The number of anilines is 1. The number of rotatable bonds is 6. The van der Waals surface area contributed by atoms with E-state index in [0.717, 1.165) is 42.3 Å². The molecule has 0 spiro atoms. The second kappa shape index (κ2) is 8.98. The van der Waals surface area contributed by atoms with Crippen molar-refractivity contribution in [2.45, 2.75) is 31.7 Å². The number of aryl methyl sites for hydroxylation is 1. The van der Waals surface area contributed by atoms with Crippen LogP contribution in [0.5, 0.6) is 0 Å². The number of fused-ring (bicyclic) bond motifs is 3. The minimum Gasteiger partial charge on any atom is -0.459 e. The summed E-state index contributed by atoms with van der Waals surface area (Å²) in [6.07, 6.45) is 3.77. The summed E-state index contributed by atoms with van der Waals surface area (Å²) in [5.41, 5.74) is 4.42. The molecule has 3 aliphatic heterocycles. The van der Waals surface area contributed by atoms with Crippen molar-refractivity contribution in [1.29, 1.82) is 0 Å². The third kappa shape index (κ3) is 4.50. The van der Waals surface area contributed by atoms with Gasteiger partial charge in [0, 0.05) is 56.1 Å². The topological polar surface area (TPSA) is 74.5 Å². The average Bonchev–Trinajstić information content (AvgIpc) is 3.38. The lowest BCUT2D eigenvalue weighted by molar-refractivity contribution is 0.0288. The van der Waals surface area contributed by atoms with E-state index in [9.17, 15) is 4.79 Å². The van der Waals surface area contributed by atoms with Crippen LogP contribution in [0.3, 0.4) is 0 Å². The number of nitrogens with one attached hydrogen (secondary N) is 1. The fourth-order valence-electron chi connectivity index (χ4n) is 5.25. The molecular weight excluding hydrogens is 414 g/mol. The standard InChI is InChI=1S/C26H31N5O2/c1-17-28-23(18-6-8-20(9-7-18)30(2)3)14-24(29-17)22-16-31-11-10-19(22)13-21(31)15-27-26(32)25-5-4-12-33-25/h4-9,12,14,19,21-22H,10-11,13,15-16H2,1-3H3,(H,27,32)/t19-,21+,22-/m0/s1. The van der Waals surface area contributed by atoms with E-state index in [-0.39, 0.29) is 5.91 Å². The Morgan fingerprint density at radius 3 is 2.70 bits per heavy atom. The number of furan rings is 1. The fraction of sp³-hybridized carbons (Fsp3) is 0.423. The highest BCUT2D eigenvalue weighted by Gasteiger charge is 2.41. The molecule has 1 N–H and O–H groups in total. The predicted molar refractivity (Wildman–Crippen MR) is 128 cm³/mol. The highest BCUT2D eigenvalue weighted by molar-refractivity contribution is 5.91. The van der Waals surface area contributed by atoms with Crippen LogP contribution in [0.15, 0.2) is 53.1 Å². The fourth-order valence-corrected chi connectivity index (χ4v) is 5.25. The summed E-state index contributed by atoms with van der Waals surface area (Å²) in [6.45, 7) is 4.68. The van der Waals surface area contributed by atoms with E-state index in [1.165, 1.54) is 18.4 Å². The first-order chi connectivity index (χ1) is 16.0. The summed E-state index contributed by atoms with van der Waals surface area (Å²) in [6, 6.07) is 14.5. The van der Waals surface area contributed by atoms with E-state index < -0.39 is 0 Å². The summed E-state index contributed by atoms with van der Waals surface area (Å²) >= 11 is 0. The molecule has 172 valence electrons. The Morgan fingerprint density at radius 1 is 1.21 bits per heavy atom.